The van der Waals surface area contributed by atoms with Crippen LogP contribution < -0.4 is 15.0 Å². The zero-order chi connectivity index (χ0) is 14.4. The third kappa shape index (κ3) is 2.86. The summed E-state index contributed by atoms with van der Waals surface area (Å²) in [5.41, 5.74) is 0.538. The fourth-order valence-corrected chi connectivity index (χ4v) is 1.71. The van der Waals surface area contributed by atoms with Gasteiger partial charge in [0.05, 0.1) is 31.4 Å². The standard InChI is InChI=1S/C12H14N2O3.C2H6/c1-4-14-7-13-9-6-11(17-3)10(16-2)5-8(9)12(14)15;1-2/h5-7H,4H2,1-3H3;1-2H3. The van der Waals surface area contributed by atoms with Crippen LogP contribution in [0.4, 0.5) is 0 Å². The highest BCUT2D eigenvalue weighted by Gasteiger charge is 2.10. The maximum Gasteiger partial charge on any atom is 0.261 e. The van der Waals surface area contributed by atoms with Gasteiger partial charge in [0.1, 0.15) is 0 Å². The van der Waals surface area contributed by atoms with Crippen molar-refractivity contribution in [3.05, 3.63) is 28.8 Å². The van der Waals surface area contributed by atoms with E-state index < -0.39 is 0 Å². The summed E-state index contributed by atoms with van der Waals surface area (Å²) in [6, 6.07) is 3.37. The van der Waals surface area contributed by atoms with E-state index in [9.17, 15) is 4.79 Å². The molecule has 2 aromatic rings. The van der Waals surface area contributed by atoms with Crippen LogP contribution in [0.2, 0.25) is 0 Å². The number of aryl methyl sites for hydroxylation is 1. The van der Waals surface area contributed by atoms with Gasteiger partial charge < -0.3 is 9.47 Å². The molecule has 5 nitrogen and oxygen atoms in total. The number of ether oxygens (including phenoxy) is 2. The third-order valence-corrected chi connectivity index (χ3v) is 2.67. The van der Waals surface area contributed by atoms with Crippen molar-refractivity contribution in [3.8, 4) is 11.5 Å². The van der Waals surface area contributed by atoms with E-state index in [1.807, 2.05) is 20.8 Å². The normalized spacial score (nSPS) is 9.74. The topological polar surface area (TPSA) is 53.4 Å². The first kappa shape index (κ1) is 15.0. The van der Waals surface area contributed by atoms with Crippen molar-refractivity contribution < 1.29 is 9.47 Å². The first-order valence-corrected chi connectivity index (χ1v) is 6.32. The Labute approximate surface area is 112 Å². The fourth-order valence-electron chi connectivity index (χ4n) is 1.71. The molecule has 0 unspecified atom stereocenters. The number of benzene rings is 1. The average Bonchev–Trinajstić information content (AvgIpc) is 2.48. The molecule has 0 spiro atoms. The molecule has 0 radical (unpaired) electrons. The van der Waals surface area contributed by atoms with Gasteiger partial charge in [0.2, 0.25) is 0 Å². The lowest BCUT2D eigenvalue weighted by Gasteiger charge is -2.09. The third-order valence-electron chi connectivity index (χ3n) is 2.67. The molecule has 1 heterocycles. The van der Waals surface area contributed by atoms with Gasteiger partial charge in [0.15, 0.2) is 11.5 Å². The van der Waals surface area contributed by atoms with Crippen molar-refractivity contribution in [1.29, 1.82) is 0 Å². The monoisotopic (exact) mass is 264 g/mol. The lowest BCUT2D eigenvalue weighted by atomic mass is 10.2. The number of aromatic nitrogens is 2. The van der Waals surface area contributed by atoms with Crippen molar-refractivity contribution in [1.82, 2.24) is 9.55 Å². The quantitative estimate of drug-likeness (QED) is 0.854. The van der Waals surface area contributed by atoms with Crippen LogP contribution in [0.5, 0.6) is 11.5 Å². The lowest BCUT2D eigenvalue weighted by Crippen LogP contribution is -2.19. The minimum absolute atomic E-state index is 0.0709. The summed E-state index contributed by atoms with van der Waals surface area (Å²) in [7, 11) is 3.09. The SMILES string of the molecule is CC.CCn1cnc2cc(OC)c(OC)cc2c1=O. The Hall–Kier alpha value is -2.04. The van der Waals surface area contributed by atoms with Crippen molar-refractivity contribution in [2.45, 2.75) is 27.3 Å². The second-order valence-corrected chi connectivity index (χ2v) is 3.56. The molecule has 0 aliphatic rings. The summed E-state index contributed by atoms with van der Waals surface area (Å²) in [5, 5.41) is 0.534. The molecule has 19 heavy (non-hydrogen) atoms. The maximum atomic E-state index is 12.1. The first-order chi connectivity index (χ1) is 9.21. The molecule has 0 atom stereocenters. The number of hydrogen-bond acceptors (Lipinski definition) is 4. The second kappa shape index (κ2) is 6.78. The molecule has 0 bridgehead atoms. The van der Waals surface area contributed by atoms with Crippen LogP contribution in [0.1, 0.15) is 20.8 Å². The van der Waals surface area contributed by atoms with Crippen molar-refractivity contribution >= 4 is 10.9 Å². The van der Waals surface area contributed by atoms with Crippen LogP contribution in [0.15, 0.2) is 23.3 Å². The molecule has 5 heteroatoms. The molecule has 0 amide bonds. The molecular weight excluding hydrogens is 244 g/mol. The van der Waals surface area contributed by atoms with Gasteiger partial charge in [-0.15, -0.1) is 0 Å². The van der Waals surface area contributed by atoms with E-state index in [4.69, 9.17) is 9.47 Å². The van der Waals surface area contributed by atoms with E-state index >= 15 is 0 Å². The molecule has 0 saturated carbocycles. The van der Waals surface area contributed by atoms with Gasteiger partial charge in [0, 0.05) is 12.6 Å². The zero-order valence-corrected chi connectivity index (χ0v) is 12.1. The van der Waals surface area contributed by atoms with E-state index in [1.165, 1.54) is 6.33 Å². The molecule has 104 valence electrons. The highest BCUT2D eigenvalue weighted by molar-refractivity contribution is 5.81. The minimum atomic E-state index is -0.0709. The van der Waals surface area contributed by atoms with Gasteiger partial charge in [-0.25, -0.2) is 4.98 Å². The predicted octanol–water partition coefficient (Wildman–Crippen LogP) is 2.46. The summed E-state index contributed by atoms with van der Waals surface area (Å²) in [4.78, 5) is 16.3. The Bertz CT molecular complexity index is 605. The molecule has 2 rings (SSSR count). The Morgan fingerprint density at radius 2 is 1.74 bits per heavy atom. The van der Waals surface area contributed by atoms with Crippen LogP contribution in [0.25, 0.3) is 10.9 Å². The number of methoxy groups -OCH3 is 2. The van der Waals surface area contributed by atoms with Crippen LogP contribution >= 0.6 is 0 Å². The van der Waals surface area contributed by atoms with E-state index in [1.54, 1.807) is 30.9 Å². The molecule has 0 aliphatic carbocycles. The van der Waals surface area contributed by atoms with Gasteiger partial charge >= 0.3 is 0 Å². The Morgan fingerprint density at radius 3 is 2.26 bits per heavy atom. The summed E-state index contributed by atoms with van der Waals surface area (Å²) in [6.07, 6.45) is 1.54. The fraction of sp³-hybridized carbons (Fsp3) is 0.429. The van der Waals surface area contributed by atoms with Gasteiger partial charge in [-0.05, 0) is 13.0 Å². The highest BCUT2D eigenvalue weighted by atomic mass is 16.5. The molecular formula is C14H20N2O3. The van der Waals surface area contributed by atoms with E-state index in [-0.39, 0.29) is 5.56 Å². The van der Waals surface area contributed by atoms with Crippen LogP contribution in [0.3, 0.4) is 0 Å². The van der Waals surface area contributed by atoms with Crippen molar-refractivity contribution in [2.75, 3.05) is 14.2 Å². The van der Waals surface area contributed by atoms with Crippen LogP contribution in [-0.2, 0) is 6.54 Å². The largest absolute Gasteiger partial charge is 0.493 e. The average molecular weight is 264 g/mol. The van der Waals surface area contributed by atoms with E-state index in [2.05, 4.69) is 4.98 Å². The Morgan fingerprint density at radius 1 is 1.16 bits per heavy atom. The molecule has 0 fully saturated rings. The smallest absolute Gasteiger partial charge is 0.261 e. The first-order valence-electron chi connectivity index (χ1n) is 6.32. The molecule has 1 aromatic heterocycles. The van der Waals surface area contributed by atoms with E-state index in [0.29, 0.717) is 28.9 Å². The van der Waals surface area contributed by atoms with Crippen LogP contribution in [-0.4, -0.2) is 23.8 Å². The van der Waals surface area contributed by atoms with Gasteiger partial charge in [0.25, 0.3) is 5.56 Å². The lowest BCUT2D eigenvalue weighted by molar-refractivity contribution is 0.355. The molecule has 1 aromatic carbocycles. The Kier molecular flexibility index (Phi) is 5.36. The number of rotatable bonds is 3. The van der Waals surface area contributed by atoms with E-state index in [0.717, 1.165) is 0 Å². The van der Waals surface area contributed by atoms with Crippen molar-refractivity contribution in [2.24, 2.45) is 0 Å². The van der Waals surface area contributed by atoms with Gasteiger partial charge in [-0.3, -0.25) is 9.36 Å². The number of fused-ring (bicyclic) bond motifs is 1. The highest BCUT2D eigenvalue weighted by Crippen LogP contribution is 2.29. The summed E-state index contributed by atoms with van der Waals surface area (Å²) < 4.78 is 11.9. The predicted molar refractivity (Wildman–Crippen MR) is 76.1 cm³/mol. The van der Waals surface area contributed by atoms with Crippen molar-refractivity contribution in [3.63, 3.8) is 0 Å². The summed E-state index contributed by atoms with van der Waals surface area (Å²) >= 11 is 0. The number of hydrogen-bond donors (Lipinski definition) is 0. The molecule has 0 aliphatic heterocycles. The van der Waals surface area contributed by atoms with Gasteiger partial charge in [-0.2, -0.15) is 0 Å². The minimum Gasteiger partial charge on any atom is -0.493 e. The maximum absolute atomic E-state index is 12.1. The second-order valence-electron chi connectivity index (χ2n) is 3.56. The van der Waals surface area contributed by atoms with Gasteiger partial charge in [-0.1, -0.05) is 13.8 Å². The molecule has 0 saturated heterocycles. The Balaban J connectivity index is 0.000000861. The summed E-state index contributed by atoms with van der Waals surface area (Å²) in [5.74, 6) is 1.11. The van der Waals surface area contributed by atoms with Crippen LogP contribution in [0, 0.1) is 0 Å². The zero-order valence-electron chi connectivity index (χ0n) is 12.1. The summed E-state index contributed by atoms with van der Waals surface area (Å²) in [6.45, 7) is 6.49. The number of nitrogens with zero attached hydrogens (tertiary/aromatic N) is 2. The molecule has 0 N–H and O–H groups in total.